The summed E-state index contributed by atoms with van der Waals surface area (Å²) in [7, 11) is 0. The molecule has 6 nitrogen and oxygen atoms in total. The summed E-state index contributed by atoms with van der Waals surface area (Å²) in [5.41, 5.74) is 0.828. The van der Waals surface area contributed by atoms with Crippen LogP contribution in [0.4, 0.5) is 5.82 Å². The summed E-state index contributed by atoms with van der Waals surface area (Å²) in [5.74, 6) is 0.920. The Bertz CT molecular complexity index is 543. The molecule has 3 heterocycles. The van der Waals surface area contributed by atoms with Crippen molar-refractivity contribution in [3.8, 4) is 0 Å². The largest absolute Gasteiger partial charge is 0.349 e. The zero-order chi connectivity index (χ0) is 13.2. The number of aromatic nitrogens is 4. The van der Waals surface area contributed by atoms with Crippen molar-refractivity contribution in [3.63, 3.8) is 0 Å². The molecule has 0 aliphatic carbocycles. The molecule has 0 bridgehead atoms. The molecule has 1 saturated heterocycles. The molecule has 0 amide bonds. The molecule has 1 unspecified atom stereocenters. The van der Waals surface area contributed by atoms with Crippen LogP contribution in [0.15, 0.2) is 18.7 Å². The normalized spacial score (nSPS) is 19.4. The minimum Gasteiger partial charge on any atom is -0.349 e. The lowest BCUT2D eigenvalue weighted by Gasteiger charge is -2.30. The van der Waals surface area contributed by atoms with E-state index >= 15 is 0 Å². The fourth-order valence-electron chi connectivity index (χ4n) is 2.64. The Kier molecular flexibility index (Phi) is 3.33. The molecule has 102 valence electrons. The fraction of sp³-hybridized carbons (Fsp3) is 0.615. The first-order valence-electron chi connectivity index (χ1n) is 6.90. The van der Waals surface area contributed by atoms with Gasteiger partial charge in [0.15, 0.2) is 5.82 Å². The molecule has 0 spiro atoms. The number of fused-ring (bicyclic) bond motifs is 1. The molecule has 3 rings (SSSR count). The predicted octanol–water partition coefficient (Wildman–Crippen LogP) is 1.09. The summed E-state index contributed by atoms with van der Waals surface area (Å²) in [6.45, 7) is 6.48. The van der Waals surface area contributed by atoms with Gasteiger partial charge in [-0.3, -0.25) is 4.40 Å². The van der Waals surface area contributed by atoms with Crippen molar-refractivity contribution in [1.82, 2.24) is 24.9 Å². The van der Waals surface area contributed by atoms with Crippen LogP contribution in [0.3, 0.4) is 0 Å². The molecule has 6 heteroatoms. The maximum atomic E-state index is 4.52. The molecule has 1 aliphatic rings. The average molecular weight is 260 g/mol. The molecular weight excluding hydrogens is 240 g/mol. The number of rotatable bonds is 4. The van der Waals surface area contributed by atoms with Gasteiger partial charge in [-0.2, -0.15) is 0 Å². The zero-order valence-electron chi connectivity index (χ0n) is 11.5. The van der Waals surface area contributed by atoms with Gasteiger partial charge >= 0.3 is 0 Å². The van der Waals surface area contributed by atoms with Crippen LogP contribution in [-0.4, -0.2) is 44.8 Å². The van der Waals surface area contributed by atoms with Crippen LogP contribution in [0.2, 0.25) is 0 Å². The SMILES string of the molecule is CC(C)N(CC1CCCN1)c1nccn2cnnc12. The minimum atomic E-state index is 0.387. The van der Waals surface area contributed by atoms with Crippen molar-refractivity contribution in [2.45, 2.75) is 38.8 Å². The van der Waals surface area contributed by atoms with E-state index in [1.807, 2.05) is 16.8 Å². The van der Waals surface area contributed by atoms with Crippen molar-refractivity contribution in [2.24, 2.45) is 0 Å². The second-order valence-electron chi connectivity index (χ2n) is 5.35. The van der Waals surface area contributed by atoms with Crippen LogP contribution in [0.25, 0.3) is 5.65 Å². The van der Waals surface area contributed by atoms with E-state index in [9.17, 15) is 0 Å². The van der Waals surface area contributed by atoms with Crippen LogP contribution in [0, 0.1) is 0 Å². The van der Waals surface area contributed by atoms with Gasteiger partial charge in [-0.25, -0.2) is 4.98 Å². The second kappa shape index (κ2) is 5.13. The third-order valence-electron chi connectivity index (χ3n) is 3.67. The summed E-state index contributed by atoms with van der Waals surface area (Å²) in [4.78, 5) is 6.83. The van der Waals surface area contributed by atoms with Gasteiger partial charge in [0.05, 0.1) is 0 Å². The highest BCUT2D eigenvalue weighted by molar-refractivity contribution is 5.63. The molecule has 19 heavy (non-hydrogen) atoms. The number of hydrogen-bond donors (Lipinski definition) is 1. The van der Waals surface area contributed by atoms with Crippen molar-refractivity contribution < 1.29 is 0 Å². The number of anilines is 1. The summed E-state index contributed by atoms with van der Waals surface area (Å²) >= 11 is 0. The standard InChI is InChI=1S/C13H20N6/c1-10(2)19(8-11-4-3-5-14-11)12-13-17-16-9-18(13)7-6-15-12/h6-7,9-11,14H,3-5,8H2,1-2H3. The number of hydrogen-bond acceptors (Lipinski definition) is 5. The number of nitrogens with zero attached hydrogens (tertiary/aromatic N) is 5. The highest BCUT2D eigenvalue weighted by Gasteiger charge is 2.22. The monoisotopic (exact) mass is 260 g/mol. The average Bonchev–Trinajstić information content (AvgIpc) is 3.06. The van der Waals surface area contributed by atoms with Crippen LogP contribution < -0.4 is 10.2 Å². The van der Waals surface area contributed by atoms with E-state index in [4.69, 9.17) is 0 Å². The molecule has 2 aromatic heterocycles. The Balaban J connectivity index is 1.92. The van der Waals surface area contributed by atoms with E-state index in [0.29, 0.717) is 12.1 Å². The van der Waals surface area contributed by atoms with E-state index in [2.05, 4.69) is 39.2 Å². The van der Waals surface area contributed by atoms with Crippen LogP contribution in [-0.2, 0) is 0 Å². The summed E-state index contributed by atoms with van der Waals surface area (Å²) in [6, 6.07) is 0.935. The van der Waals surface area contributed by atoms with E-state index in [0.717, 1.165) is 24.6 Å². The van der Waals surface area contributed by atoms with Crippen LogP contribution in [0.1, 0.15) is 26.7 Å². The Morgan fingerprint density at radius 2 is 2.42 bits per heavy atom. The van der Waals surface area contributed by atoms with Gasteiger partial charge in [0.2, 0.25) is 5.65 Å². The van der Waals surface area contributed by atoms with Crippen molar-refractivity contribution in [2.75, 3.05) is 18.0 Å². The second-order valence-corrected chi connectivity index (χ2v) is 5.35. The van der Waals surface area contributed by atoms with Crippen molar-refractivity contribution >= 4 is 11.5 Å². The van der Waals surface area contributed by atoms with E-state index in [1.165, 1.54) is 12.8 Å². The first-order chi connectivity index (χ1) is 9.25. The molecule has 1 atom stereocenters. The molecule has 1 aliphatic heterocycles. The van der Waals surface area contributed by atoms with E-state index < -0.39 is 0 Å². The predicted molar refractivity (Wildman–Crippen MR) is 74.3 cm³/mol. The Morgan fingerprint density at radius 3 is 3.16 bits per heavy atom. The van der Waals surface area contributed by atoms with Gasteiger partial charge in [0.1, 0.15) is 6.33 Å². The Morgan fingerprint density at radius 1 is 1.53 bits per heavy atom. The van der Waals surface area contributed by atoms with E-state index in [1.54, 1.807) is 6.33 Å². The quantitative estimate of drug-likeness (QED) is 0.892. The molecule has 0 aromatic carbocycles. The lowest BCUT2D eigenvalue weighted by Crippen LogP contribution is -2.42. The summed E-state index contributed by atoms with van der Waals surface area (Å²) in [5, 5.41) is 11.7. The van der Waals surface area contributed by atoms with Gasteiger partial charge in [-0.1, -0.05) is 0 Å². The third kappa shape index (κ3) is 2.40. The maximum Gasteiger partial charge on any atom is 0.203 e. The molecule has 0 radical (unpaired) electrons. The van der Waals surface area contributed by atoms with Crippen molar-refractivity contribution in [1.29, 1.82) is 0 Å². The molecule has 1 fully saturated rings. The fourth-order valence-corrected chi connectivity index (χ4v) is 2.64. The first-order valence-corrected chi connectivity index (χ1v) is 6.90. The lowest BCUT2D eigenvalue weighted by atomic mass is 10.2. The molecule has 2 aromatic rings. The van der Waals surface area contributed by atoms with Gasteiger partial charge in [-0.05, 0) is 33.2 Å². The minimum absolute atomic E-state index is 0.387. The molecule has 0 saturated carbocycles. The van der Waals surface area contributed by atoms with Gasteiger partial charge in [0, 0.05) is 31.0 Å². The van der Waals surface area contributed by atoms with Crippen molar-refractivity contribution in [3.05, 3.63) is 18.7 Å². The Labute approximate surface area is 112 Å². The highest BCUT2D eigenvalue weighted by Crippen LogP contribution is 2.20. The van der Waals surface area contributed by atoms with Crippen LogP contribution >= 0.6 is 0 Å². The van der Waals surface area contributed by atoms with E-state index in [-0.39, 0.29) is 0 Å². The van der Waals surface area contributed by atoms with Crippen LogP contribution in [0.5, 0.6) is 0 Å². The smallest absolute Gasteiger partial charge is 0.203 e. The topological polar surface area (TPSA) is 58.4 Å². The van der Waals surface area contributed by atoms with Gasteiger partial charge in [0.25, 0.3) is 0 Å². The zero-order valence-corrected chi connectivity index (χ0v) is 11.5. The van der Waals surface area contributed by atoms with Gasteiger partial charge < -0.3 is 10.2 Å². The Hall–Kier alpha value is -1.69. The summed E-state index contributed by atoms with van der Waals surface area (Å²) < 4.78 is 1.92. The van der Waals surface area contributed by atoms with Gasteiger partial charge in [-0.15, -0.1) is 10.2 Å². The highest BCUT2D eigenvalue weighted by atomic mass is 15.3. The number of nitrogens with one attached hydrogen (secondary N) is 1. The lowest BCUT2D eigenvalue weighted by molar-refractivity contribution is 0.549. The third-order valence-corrected chi connectivity index (χ3v) is 3.67. The molecule has 1 N–H and O–H groups in total. The maximum absolute atomic E-state index is 4.52. The summed E-state index contributed by atoms with van der Waals surface area (Å²) in [6.07, 6.45) is 7.90. The molecular formula is C13H20N6. The first kappa shape index (κ1) is 12.3.